The van der Waals surface area contributed by atoms with E-state index >= 15 is 0 Å². The van der Waals surface area contributed by atoms with Gasteiger partial charge in [-0.3, -0.25) is 0 Å². The van der Waals surface area contributed by atoms with Crippen molar-refractivity contribution in [3.05, 3.63) is 23.4 Å². The molecule has 1 amide bonds. The number of anilines is 1. The fourth-order valence-electron chi connectivity index (χ4n) is 2.44. The first kappa shape index (κ1) is 18.0. The number of methoxy groups -OCH3 is 1. The number of esters is 1. The molecule has 7 heteroatoms. The number of carbonyl (C=O) groups excluding carboxylic acids is 2. The number of nitrogens with zero attached hydrogens (tertiary/aromatic N) is 3. The first-order valence-electron chi connectivity index (χ1n) is 8.00. The summed E-state index contributed by atoms with van der Waals surface area (Å²) >= 11 is 0. The number of amides is 1. The Labute approximate surface area is 142 Å². The Kier molecular flexibility index (Phi) is 5.31. The molecule has 1 fully saturated rings. The second-order valence-corrected chi connectivity index (χ2v) is 6.78. The molecule has 2 heterocycles. The summed E-state index contributed by atoms with van der Waals surface area (Å²) in [5.74, 6) is 0.270. The molecule has 2 rings (SSSR count). The van der Waals surface area contributed by atoms with Crippen molar-refractivity contribution in [1.29, 1.82) is 0 Å². The Bertz CT molecular complexity index is 617. The largest absolute Gasteiger partial charge is 0.464 e. The van der Waals surface area contributed by atoms with Crippen LogP contribution in [0.2, 0.25) is 0 Å². The topological polar surface area (TPSA) is 72.0 Å². The van der Waals surface area contributed by atoms with E-state index in [9.17, 15) is 9.59 Å². The third-order valence-electron chi connectivity index (χ3n) is 3.72. The lowest BCUT2D eigenvalue weighted by Gasteiger charge is -2.36. The van der Waals surface area contributed by atoms with Gasteiger partial charge >= 0.3 is 12.1 Å². The van der Waals surface area contributed by atoms with Gasteiger partial charge in [0.1, 0.15) is 11.4 Å². The van der Waals surface area contributed by atoms with Crippen LogP contribution in [0.4, 0.5) is 10.6 Å². The van der Waals surface area contributed by atoms with Gasteiger partial charge in [0.05, 0.1) is 7.11 Å². The van der Waals surface area contributed by atoms with Crippen molar-refractivity contribution in [1.82, 2.24) is 9.88 Å². The first-order valence-corrected chi connectivity index (χ1v) is 8.00. The number of pyridine rings is 1. The van der Waals surface area contributed by atoms with Crippen LogP contribution >= 0.6 is 0 Å². The maximum Gasteiger partial charge on any atom is 0.410 e. The number of aryl methyl sites for hydroxylation is 1. The van der Waals surface area contributed by atoms with Crippen molar-refractivity contribution in [3.8, 4) is 0 Å². The van der Waals surface area contributed by atoms with E-state index in [1.54, 1.807) is 4.90 Å². The number of hydrogen-bond acceptors (Lipinski definition) is 6. The fourth-order valence-corrected chi connectivity index (χ4v) is 2.44. The Morgan fingerprint density at radius 1 is 1.12 bits per heavy atom. The minimum atomic E-state index is -0.498. The van der Waals surface area contributed by atoms with E-state index in [-0.39, 0.29) is 6.09 Å². The molecule has 0 aliphatic carbocycles. The van der Waals surface area contributed by atoms with Gasteiger partial charge in [0.2, 0.25) is 0 Å². The minimum absolute atomic E-state index is 0.297. The molecule has 1 aliphatic heterocycles. The zero-order valence-corrected chi connectivity index (χ0v) is 15.0. The molecule has 0 spiro atoms. The van der Waals surface area contributed by atoms with E-state index < -0.39 is 11.6 Å². The molecule has 24 heavy (non-hydrogen) atoms. The fraction of sp³-hybridized carbons (Fsp3) is 0.588. The highest BCUT2D eigenvalue weighted by Crippen LogP contribution is 2.18. The molecule has 132 valence electrons. The van der Waals surface area contributed by atoms with Crippen molar-refractivity contribution >= 4 is 17.9 Å². The molecular weight excluding hydrogens is 310 g/mol. The second kappa shape index (κ2) is 7.07. The van der Waals surface area contributed by atoms with E-state index in [4.69, 9.17) is 9.47 Å². The Morgan fingerprint density at radius 3 is 2.29 bits per heavy atom. The van der Waals surface area contributed by atoms with Crippen LogP contribution < -0.4 is 4.90 Å². The molecular formula is C17H25N3O4. The molecule has 0 aromatic carbocycles. The Balaban J connectivity index is 2.02. The third-order valence-corrected chi connectivity index (χ3v) is 3.72. The van der Waals surface area contributed by atoms with Gasteiger partial charge in [0.25, 0.3) is 0 Å². The van der Waals surface area contributed by atoms with Gasteiger partial charge in [0, 0.05) is 26.2 Å². The smallest absolute Gasteiger partial charge is 0.410 e. The standard InChI is InChI=1S/C17H25N3O4/c1-12-6-7-13(18-14(12)15(21)23-5)19-8-10-20(11-9-19)16(22)24-17(2,3)4/h6-7H,8-11H2,1-5H3. The Morgan fingerprint density at radius 2 is 1.75 bits per heavy atom. The minimum Gasteiger partial charge on any atom is -0.464 e. The summed E-state index contributed by atoms with van der Waals surface area (Å²) in [6, 6.07) is 3.74. The van der Waals surface area contributed by atoms with Gasteiger partial charge in [-0.15, -0.1) is 0 Å². The zero-order valence-electron chi connectivity index (χ0n) is 15.0. The molecule has 1 aromatic heterocycles. The van der Waals surface area contributed by atoms with Gasteiger partial charge in [-0.05, 0) is 39.3 Å². The van der Waals surface area contributed by atoms with Crippen LogP contribution in [0, 0.1) is 6.92 Å². The van der Waals surface area contributed by atoms with E-state index in [0.717, 1.165) is 5.56 Å². The molecule has 7 nitrogen and oxygen atoms in total. The van der Waals surface area contributed by atoms with Crippen LogP contribution in [0.15, 0.2) is 12.1 Å². The molecule has 0 radical (unpaired) electrons. The lowest BCUT2D eigenvalue weighted by atomic mass is 10.2. The number of piperazine rings is 1. The number of aromatic nitrogens is 1. The zero-order chi connectivity index (χ0) is 17.9. The highest BCUT2D eigenvalue weighted by Gasteiger charge is 2.26. The highest BCUT2D eigenvalue weighted by molar-refractivity contribution is 5.89. The van der Waals surface area contributed by atoms with E-state index in [1.807, 2.05) is 44.7 Å². The summed E-state index contributed by atoms with van der Waals surface area (Å²) in [6.07, 6.45) is -0.297. The molecule has 1 saturated heterocycles. The average molecular weight is 335 g/mol. The summed E-state index contributed by atoms with van der Waals surface area (Å²) in [5, 5.41) is 0. The monoisotopic (exact) mass is 335 g/mol. The van der Waals surface area contributed by atoms with Crippen molar-refractivity contribution in [2.45, 2.75) is 33.3 Å². The normalized spacial score (nSPS) is 15.2. The summed E-state index contributed by atoms with van der Waals surface area (Å²) in [5.41, 5.74) is 0.602. The van der Waals surface area contributed by atoms with Crippen LogP contribution in [-0.4, -0.2) is 60.8 Å². The number of ether oxygens (including phenoxy) is 2. The summed E-state index contributed by atoms with van der Waals surface area (Å²) in [7, 11) is 1.34. The van der Waals surface area contributed by atoms with Gasteiger partial charge in [-0.25, -0.2) is 14.6 Å². The maximum atomic E-state index is 12.1. The summed E-state index contributed by atoms with van der Waals surface area (Å²) < 4.78 is 10.2. The predicted octanol–water partition coefficient (Wildman–Crippen LogP) is 2.23. The van der Waals surface area contributed by atoms with Crippen LogP contribution in [0.3, 0.4) is 0 Å². The van der Waals surface area contributed by atoms with E-state index in [0.29, 0.717) is 37.7 Å². The molecule has 0 bridgehead atoms. The average Bonchev–Trinajstić information content (AvgIpc) is 2.53. The van der Waals surface area contributed by atoms with Crippen molar-refractivity contribution in [2.24, 2.45) is 0 Å². The van der Waals surface area contributed by atoms with Gasteiger partial charge in [-0.1, -0.05) is 6.07 Å². The first-order chi connectivity index (χ1) is 11.2. The SMILES string of the molecule is COC(=O)c1nc(N2CCN(C(=O)OC(C)(C)C)CC2)ccc1C. The maximum absolute atomic E-state index is 12.1. The number of rotatable bonds is 2. The molecule has 1 aliphatic rings. The third kappa shape index (κ3) is 4.37. The van der Waals surface area contributed by atoms with E-state index in [1.165, 1.54) is 7.11 Å². The van der Waals surface area contributed by atoms with Gasteiger partial charge in [0.15, 0.2) is 5.69 Å². The van der Waals surface area contributed by atoms with Gasteiger partial charge in [-0.2, -0.15) is 0 Å². The highest BCUT2D eigenvalue weighted by atomic mass is 16.6. The van der Waals surface area contributed by atoms with Gasteiger partial charge < -0.3 is 19.3 Å². The summed E-state index contributed by atoms with van der Waals surface area (Å²) in [4.78, 5) is 32.0. The lowest BCUT2D eigenvalue weighted by molar-refractivity contribution is 0.0240. The lowest BCUT2D eigenvalue weighted by Crippen LogP contribution is -2.50. The molecule has 0 atom stereocenters. The Hall–Kier alpha value is -2.31. The van der Waals surface area contributed by atoms with Crippen LogP contribution in [0.25, 0.3) is 0 Å². The van der Waals surface area contributed by atoms with E-state index in [2.05, 4.69) is 4.98 Å². The number of hydrogen-bond donors (Lipinski definition) is 0. The van der Waals surface area contributed by atoms with Crippen molar-refractivity contribution in [3.63, 3.8) is 0 Å². The summed E-state index contributed by atoms with van der Waals surface area (Å²) in [6.45, 7) is 9.76. The molecule has 0 saturated carbocycles. The second-order valence-electron chi connectivity index (χ2n) is 6.78. The van der Waals surface area contributed by atoms with Crippen molar-refractivity contribution in [2.75, 3.05) is 38.2 Å². The quantitative estimate of drug-likeness (QED) is 0.772. The number of carbonyl (C=O) groups is 2. The van der Waals surface area contributed by atoms with Crippen molar-refractivity contribution < 1.29 is 19.1 Å². The predicted molar refractivity (Wildman–Crippen MR) is 90.3 cm³/mol. The van der Waals surface area contributed by atoms with Crippen LogP contribution in [-0.2, 0) is 9.47 Å². The molecule has 0 N–H and O–H groups in total. The van der Waals surface area contributed by atoms with Crippen LogP contribution in [0.5, 0.6) is 0 Å². The molecule has 0 unspecified atom stereocenters. The van der Waals surface area contributed by atoms with Crippen LogP contribution in [0.1, 0.15) is 36.8 Å². The molecule has 1 aromatic rings.